The molecule has 11 heteroatoms. The van der Waals surface area contributed by atoms with Crippen molar-refractivity contribution >= 4 is 34.0 Å². The summed E-state index contributed by atoms with van der Waals surface area (Å²) < 4.78 is 27.2. The Hall–Kier alpha value is -1.75. The molecular weight excluding hydrogens is 396 g/mol. The number of carbonyl (C=O) groups is 1. The number of rotatable bonds is 7. The number of nitro benzene ring substituents is 1. The van der Waals surface area contributed by atoms with E-state index in [4.69, 9.17) is 0 Å². The molecule has 1 heterocycles. The molecule has 1 aliphatic rings. The first-order chi connectivity index (χ1) is 12.3. The number of benzene rings is 1. The summed E-state index contributed by atoms with van der Waals surface area (Å²) in [6, 6.07) is 4.01. The van der Waals surface area contributed by atoms with Crippen LogP contribution < -0.4 is 5.32 Å². The average Bonchev–Trinajstić information content (AvgIpc) is 2.65. The van der Waals surface area contributed by atoms with Gasteiger partial charge >= 0.3 is 0 Å². The van der Waals surface area contributed by atoms with Gasteiger partial charge in [-0.2, -0.15) is 4.31 Å². The molecule has 2 rings (SSSR count). The van der Waals surface area contributed by atoms with Gasteiger partial charge in [0.25, 0.3) is 5.69 Å². The number of likely N-dealkylation sites (N-methyl/N-ethyl adjacent to an activating group) is 2. The molecule has 1 N–H and O–H groups in total. The van der Waals surface area contributed by atoms with E-state index in [9.17, 15) is 23.3 Å². The van der Waals surface area contributed by atoms with E-state index in [2.05, 4.69) is 5.32 Å². The molecule has 1 amide bonds. The number of nitrogens with one attached hydrogen (secondary N) is 1. The van der Waals surface area contributed by atoms with Gasteiger partial charge in [0.1, 0.15) is 6.04 Å². The zero-order chi connectivity index (χ0) is 19.3. The van der Waals surface area contributed by atoms with Crippen molar-refractivity contribution in [2.75, 3.05) is 33.7 Å². The molecule has 1 aromatic rings. The minimum absolute atomic E-state index is 0. The normalized spacial score (nSPS) is 17.8. The van der Waals surface area contributed by atoms with E-state index in [1.807, 2.05) is 0 Å². The molecule has 1 aromatic carbocycles. The Morgan fingerprint density at radius 1 is 1.33 bits per heavy atom. The van der Waals surface area contributed by atoms with E-state index < -0.39 is 21.0 Å². The number of piperidine rings is 1. The highest BCUT2D eigenvalue weighted by atomic mass is 35.5. The third kappa shape index (κ3) is 5.38. The smallest absolute Gasteiger partial charge is 0.269 e. The number of non-ortho nitro benzene ring substituents is 1. The van der Waals surface area contributed by atoms with Crippen LogP contribution in [0.25, 0.3) is 0 Å². The van der Waals surface area contributed by atoms with Crippen LogP contribution in [0.15, 0.2) is 29.2 Å². The summed E-state index contributed by atoms with van der Waals surface area (Å²) in [6.45, 7) is 1.36. The topological polar surface area (TPSA) is 113 Å². The molecule has 0 radical (unpaired) electrons. The summed E-state index contributed by atoms with van der Waals surface area (Å²) in [5.74, 6) is -0.231. The van der Waals surface area contributed by atoms with Crippen LogP contribution in [-0.2, 0) is 14.8 Å². The lowest BCUT2D eigenvalue weighted by Crippen LogP contribution is -2.52. The molecule has 27 heavy (non-hydrogen) atoms. The average molecular weight is 421 g/mol. The summed E-state index contributed by atoms with van der Waals surface area (Å²) in [5, 5.41) is 13.7. The fourth-order valence-electron chi connectivity index (χ4n) is 2.96. The van der Waals surface area contributed by atoms with E-state index in [1.54, 1.807) is 14.1 Å². The lowest BCUT2D eigenvalue weighted by atomic mass is 10.0. The number of carbonyl (C=O) groups excluding carboxylic acids is 1. The lowest BCUT2D eigenvalue weighted by molar-refractivity contribution is -0.384. The molecule has 0 aliphatic carbocycles. The highest BCUT2D eigenvalue weighted by Gasteiger charge is 2.38. The molecule has 0 saturated carbocycles. The largest absolute Gasteiger partial charge is 0.343 e. The maximum atomic E-state index is 13.0. The van der Waals surface area contributed by atoms with Crippen molar-refractivity contribution in [2.45, 2.75) is 30.2 Å². The fourth-order valence-corrected chi connectivity index (χ4v) is 4.61. The first kappa shape index (κ1) is 23.3. The summed E-state index contributed by atoms with van der Waals surface area (Å²) >= 11 is 0. The summed E-state index contributed by atoms with van der Waals surface area (Å²) in [5.41, 5.74) is -0.179. The van der Waals surface area contributed by atoms with E-state index >= 15 is 0 Å². The van der Waals surface area contributed by atoms with Crippen molar-refractivity contribution < 1.29 is 18.1 Å². The maximum Gasteiger partial charge on any atom is 0.269 e. The maximum absolute atomic E-state index is 13.0. The Morgan fingerprint density at radius 3 is 2.52 bits per heavy atom. The van der Waals surface area contributed by atoms with Gasteiger partial charge in [-0.25, -0.2) is 8.42 Å². The van der Waals surface area contributed by atoms with Gasteiger partial charge in [0.05, 0.1) is 9.82 Å². The molecule has 1 saturated heterocycles. The highest BCUT2D eigenvalue weighted by molar-refractivity contribution is 7.89. The van der Waals surface area contributed by atoms with Crippen molar-refractivity contribution in [2.24, 2.45) is 0 Å². The number of amides is 1. The SMILES string of the molecule is CNCCN(C)C(=O)C1CCCCN1S(=O)(=O)c1ccc([N+](=O)[O-])cc1.Cl. The van der Waals surface area contributed by atoms with Gasteiger partial charge in [0, 0.05) is 38.8 Å². The second-order valence-electron chi connectivity index (χ2n) is 6.24. The zero-order valence-electron chi connectivity index (χ0n) is 15.3. The number of nitrogens with zero attached hydrogens (tertiary/aromatic N) is 3. The fraction of sp³-hybridized carbons (Fsp3) is 0.562. The lowest BCUT2D eigenvalue weighted by Gasteiger charge is -2.35. The van der Waals surface area contributed by atoms with E-state index in [0.29, 0.717) is 25.9 Å². The minimum atomic E-state index is -3.91. The number of hydrogen-bond donors (Lipinski definition) is 1. The van der Waals surface area contributed by atoms with E-state index in [-0.39, 0.29) is 35.4 Å². The van der Waals surface area contributed by atoms with Crippen LogP contribution in [0.5, 0.6) is 0 Å². The first-order valence-corrected chi connectivity index (χ1v) is 9.89. The van der Waals surface area contributed by atoms with Crippen LogP contribution in [0, 0.1) is 10.1 Å². The van der Waals surface area contributed by atoms with Gasteiger partial charge in [-0.15, -0.1) is 12.4 Å². The number of sulfonamides is 1. The van der Waals surface area contributed by atoms with Gasteiger partial charge in [-0.1, -0.05) is 6.42 Å². The predicted molar refractivity (Wildman–Crippen MR) is 103 cm³/mol. The Balaban J connectivity index is 0.00000364. The Bertz CT molecular complexity index is 757. The molecular formula is C16H25ClN4O5S. The summed E-state index contributed by atoms with van der Waals surface area (Å²) in [6.07, 6.45) is 1.92. The molecule has 0 aromatic heterocycles. The van der Waals surface area contributed by atoms with Gasteiger partial charge < -0.3 is 10.2 Å². The quantitative estimate of drug-likeness (QED) is 0.524. The number of halogens is 1. The molecule has 152 valence electrons. The second-order valence-corrected chi connectivity index (χ2v) is 8.13. The Kier molecular flexibility index (Phi) is 8.60. The molecule has 1 aliphatic heterocycles. The Labute approximate surface area is 165 Å². The van der Waals surface area contributed by atoms with E-state index in [0.717, 1.165) is 18.6 Å². The number of hydrogen-bond acceptors (Lipinski definition) is 6. The molecule has 0 bridgehead atoms. The van der Waals surface area contributed by atoms with Crippen LogP contribution in [-0.4, -0.2) is 68.2 Å². The van der Waals surface area contributed by atoms with Crippen molar-refractivity contribution in [1.29, 1.82) is 0 Å². The van der Waals surface area contributed by atoms with Crippen molar-refractivity contribution in [3.8, 4) is 0 Å². The van der Waals surface area contributed by atoms with Crippen LogP contribution in [0.1, 0.15) is 19.3 Å². The van der Waals surface area contributed by atoms with Gasteiger partial charge in [-0.05, 0) is 32.0 Å². The number of nitro groups is 1. The minimum Gasteiger partial charge on any atom is -0.343 e. The van der Waals surface area contributed by atoms with Crippen LogP contribution in [0.4, 0.5) is 5.69 Å². The molecule has 9 nitrogen and oxygen atoms in total. The van der Waals surface area contributed by atoms with Crippen LogP contribution in [0.3, 0.4) is 0 Å². The summed E-state index contributed by atoms with van der Waals surface area (Å²) in [7, 11) is -0.465. The molecule has 0 spiro atoms. The second kappa shape index (κ2) is 9.98. The standard InChI is InChI=1S/C16H24N4O5S.ClH/c1-17-10-12-18(2)16(21)15-5-3-4-11-19(15)26(24,25)14-8-6-13(7-9-14)20(22)23;/h6-9,15,17H,3-5,10-12H2,1-2H3;1H. The summed E-state index contributed by atoms with van der Waals surface area (Å²) in [4.78, 5) is 24.4. The zero-order valence-corrected chi connectivity index (χ0v) is 17.0. The molecule has 1 fully saturated rings. The van der Waals surface area contributed by atoms with Crippen molar-refractivity contribution in [3.63, 3.8) is 0 Å². The van der Waals surface area contributed by atoms with Gasteiger partial charge in [0.2, 0.25) is 15.9 Å². The third-order valence-electron chi connectivity index (χ3n) is 4.47. The van der Waals surface area contributed by atoms with Crippen LogP contribution in [0.2, 0.25) is 0 Å². The van der Waals surface area contributed by atoms with Gasteiger partial charge in [-0.3, -0.25) is 14.9 Å². The van der Waals surface area contributed by atoms with Crippen molar-refractivity contribution in [3.05, 3.63) is 34.4 Å². The first-order valence-electron chi connectivity index (χ1n) is 8.45. The van der Waals surface area contributed by atoms with Crippen molar-refractivity contribution in [1.82, 2.24) is 14.5 Å². The van der Waals surface area contributed by atoms with Crippen LogP contribution >= 0.6 is 12.4 Å². The van der Waals surface area contributed by atoms with Gasteiger partial charge in [0.15, 0.2) is 0 Å². The monoisotopic (exact) mass is 420 g/mol. The Morgan fingerprint density at radius 2 is 1.96 bits per heavy atom. The molecule has 1 unspecified atom stereocenters. The van der Waals surface area contributed by atoms with E-state index in [1.165, 1.54) is 21.3 Å². The molecule has 1 atom stereocenters. The predicted octanol–water partition coefficient (Wildman–Crippen LogP) is 1.24. The highest BCUT2D eigenvalue weighted by Crippen LogP contribution is 2.27. The third-order valence-corrected chi connectivity index (χ3v) is 6.39.